The fourth-order valence-corrected chi connectivity index (χ4v) is 2.66. The summed E-state index contributed by atoms with van der Waals surface area (Å²) < 4.78 is 0. The molecule has 0 bridgehead atoms. The first-order chi connectivity index (χ1) is 12.4. The minimum Gasteiger partial charge on any atom is -0.358 e. The lowest BCUT2D eigenvalue weighted by atomic mass is 10.0. The van der Waals surface area contributed by atoms with E-state index in [0.717, 1.165) is 11.4 Å². The summed E-state index contributed by atoms with van der Waals surface area (Å²) in [6.45, 7) is 2.70. The number of nitrogens with one attached hydrogen (secondary N) is 2. The van der Waals surface area contributed by atoms with Crippen molar-refractivity contribution in [3.8, 4) is 0 Å². The van der Waals surface area contributed by atoms with Crippen LogP contribution in [0.4, 0.5) is 0 Å². The number of hydrogen-bond acceptors (Lipinski definition) is 3. The van der Waals surface area contributed by atoms with Crippen molar-refractivity contribution in [3.05, 3.63) is 102 Å². The molecular weight excluding hydrogens is 306 g/mol. The molecule has 0 amide bonds. The van der Waals surface area contributed by atoms with Gasteiger partial charge in [-0.05, 0) is 29.7 Å². The molecule has 2 N–H and O–H groups in total. The van der Waals surface area contributed by atoms with E-state index in [2.05, 4.69) is 65.3 Å². The van der Waals surface area contributed by atoms with Gasteiger partial charge in [-0.2, -0.15) is 0 Å². The number of allylic oxidation sites excluding steroid dienone is 5. The van der Waals surface area contributed by atoms with Crippen molar-refractivity contribution in [2.45, 2.75) is 13.1 Å². The Morgan fingerprint density at radius 3 is 2.44 bits per heavy atom. The van der Waals surface area contributed by atoms with E-state index in [0.29, 0.717) is 6.67 Å². The molecule has 25 heavy (non-hydrogen) atoms. The van der Waals surface area contributed by atoms with E-state index in [1.165, 1.54) is 11.1 Å². The third-order valence-corrected chi connectivity index (χ3v) is 3.93. The van der Waals surface area contributed by atoms with Gasteiger partial charge in [0.05, 0.1) is 6.67 Å². The van der Waals surface area contributed by atoms with Crippen LogP contribution in [-0.4, -0.2) is 12.5 Å². The van der Waals surface area contributed by atoms with E-state index < -0.39 is 0 Å². The molecule has 0 spiro atoms. The molecule has 0 radical (unpaired) electrons. The molecule has 1 atom stereocenters. The predicted molar refractivity (Wildman–Crippen MR) is 106 cm³/mol. The monoisotopic (exact) mass is 329 g/mol. The fourth-order valence-electron chi connectivity index (χ4n) is 2.66. The van der Waals surface area contributed by atoms with Crippen LogP contribution < -0.4 is 10.6 Å². The summed E-state index contributed by atoms with van der Waals surface area (Å²) in [5.74, 6) is 0.886. The highest BCUT2D eigenvalue weighted by Gasteiger charge is 2.14. The van der Waals surface area contributed by atoms with Crippen LogP contribution in [0.15, 0.2) is 96.0 Å². The first kappa shape index (κ1) is 16.9. The van der Waals surface area contributed by atoms with E-state index in [4.69, 9.17) is 4.99 Å². The zero-order valence-corrected chi connectivity index (χ0v) is 14.4. The second-order valence-corrected chi connectivity index (χ2v) is 5.74. The van der Waals surface area contributed by atoms with Gasteiger partial charge in [-0.3, -0.25) is 5.32 Å². The zero-order valence-electron chi connectivity index (χ0n) is 14.4. The maximum absolute atomic E-state index is 4.81. The largest absolute Gasteiger partial charge is 0.358 e. The van der Waals surface area contributed by atoms with Crippen LogP contribution in [0.25, 0.3) is 5.57 Å². The van der Waals surface area contributed by atoms with Gasteiger partial charge in [0, 0.05) is 0 Å². The first-order valence-corrected chi connectivity index (χ1v) is 8.53. The number of aliphatic imine (C=N–C) groups is 1. The quantitative estimate of drug-likeness (QED) is 0.795. The van der Waals surface area contributed by atoms with E-state index in [1.807, 2.05) is 43.3 Å². The van der Waals surface area contributed by atoms with Crippen molar-refractivity contribution in [1.82, 2.24) is 10.6 Å². The molecular formula is C22H23N3. The van der Waals surface area contributed by atoms with Crippen molar-refractivity contribution in [1.29, 1.82) is 0 Å². The van der Waals surface area contributed by atoms with Crippen LogP contribution in [0.1, 0.15) is 24.2 Å². The molecule has 0 fully saturated rings. The van der Waals surface area contributed by atoms with E-state index >= 15 is 0 Å². The Morgan fingerprint density at radius 1 is 1.00 bits per heavy atom. The number of nitrogens with zero attached hydrogens (tertiary/aromatic N) is 1. The minimum atomic E-state index is -0.0229. The summed E-state index contributed by atoms with van der Waals surface area (Å²) in [6, 6.07) is 20.7. The molecule has 0 saturated carbocycles. The lowest BCUT2D eigenvalue weighted by molar-refractivity contribution is 0.518. The highest BCUT2D eigenvalue weighted by molar-refractivity contribution is 6.01. The Balaban J connectivity index is 1.91. The van der Waals surface area contributed by atoms with Crippen LogP contribution in [0.2, 0.25) is 0 Å². The topological polar surface area (TPSA) is 36.4 Å². The van der Waals surface area contributed by atoms with E-state index in [9.17, 15) is 0 Å². The van der Waals surface area contributed by atoms with Crippen LogP contribution >= 0.6 is 0 Å². The summed E-state index contributed by atoms with van der Waals surface area (Å²) >= 11 is 0. The second kappa shape index (κ2) is 8.81. The average Bonchev–Trinajstić information content (AvgIpc) is 2.69. The van der Waals surface area contributed by atoms with Crippen molar-refractivity contribution in [2.24, 2.45) is 4.99 Å². The average molecular weight is 329 g/mol. The molecule has 0 aromatic heterocycles. The van der Waals surface area contributed by atoms with E-state index in [1.54, 1.807) is 0 Å². The maximum atomic E-state index is 4.81. The Hall–Kier alpha value is -2.91. The van der Waals surface area contributed by atoms with Gasteiger partial charge in [-0.1, -0.05) is 85.0 Å². The Kier molecular flexibility index (Phi) is 5.96. The summed E-state index contributed by atoms with van der Waals surface area (Å²) in [7, 11) is 0. The Morgan fingerprint density at radius 2 is 1.72 bits per heavy atom. The van der Waals surface area contributed by atoms with Crippen LogP contribution in [0, 0.1) is 0 Å². The molecule has 3 heteroatoms. The Bertz CT molecular complexity index is 787. The lowest BCUT2D eigenvalue weighted by Gasteiger charge is -2.23. The second-order valence-electron chi connectivity index (χ2n) is 5.74. The molecule has 0 saturated heterocycles. The van der Waals surface area contributed by atoms with Crippen molar-refractivity contribution in [2.75, 3.05) is 6.67 Å². The third kappa shape index (κ3) is 4.78. The summed E-state index contributed by atoms with van der Waals surface area (Å²) in [6.07, 6.45) is 10.3. The molecule has 1 aliphatic rings. The van der Waals surface area contributed by atoms with E-state index in [-0.39, 0.29) is 6.17 Å². The Labute approximate surface area is 149 Å². The van der Waals surface area contributed by atoms with Gasteiger partial charge >= 0.3 is 0 Å². The zero-order chi connectivity index (χ0) is 17.3. The number of hydrogen-bond donors (Lipinski definition) is 2. The smallest absolute Gasteiger partial charge is 0.129 e. The van der Waals surface area contributed by atoms with Gasteiger partial charge in [-0.15, -0.1) is 0 Å². The highest BCUT2D eigenvalue weighted by Crippen LogP contribution is 2.19. The predicted octanol–water partition coefficient (Wildman–Crippen LogP) is 4.45. The molecule has 1 aliphatic heterocycles. The van der Waals surface area contributed by atoms with Gasteiger partial charge < -0.3 is 5.32 Å². The van der Waals surface area contributed by atoms with Crippen LogP contribution in [0.3, 0.4) is 0 Å². The number of amidine groups is 1. The summed E-state index contributed by atoms with van der Waals surface area (Å²) in [5.41, 5.74) is 3.46. The fraction of sp³-hybridized carbons (Fsp3) is 0.136. The number of benzene rings is 2. The molecule has 3 rings (SSSR count). The molecule has 2 aromatic rings. The van der Waals surface area contributed by atoms with Gasteiger partial charge in [0.1, 0.15) is 12.0 Å². The van der Waals surface area contributed by atoms with Gasteiger partial charge in [0.15, 0.2) is 0 Å². The molecule has 126 valence electrons. The number of rotatable bonds is 5. The highest BCUT2D eigenvalue weighted by atomic mass is 15.2. The summed E-state index contributed by atoms with van der Waals surface area (Å²) in [4.78, 5) is 4.81. The van der Waals surface area contributed by atoms with Crippen LogP contribution in [-0.2, 0) is 0 Å². The molecule has 0 aliphatic carbocycles. The van der Waals surface area contributed by atoms with Crippen molar-refractivity contribution < 1.29 is 0 Å². The minimum absolute atomic E-state index is 0.0229. The van der Waals surface area contributed by atoms with Crippen molar-refractivity contribution >= 4 is 11.4 Å². The van der Waals surface area contributed by atoms with Gasteiger partial charge in [0.25, 0.3) is 0 Å². The molecule has 2 aromatic carbocycles. The summed E-state index contributed by atoms with van der Waals surface area (Å²) in [5, 5.41) is 6.69. The molecule has 3 nitrogen and oxygen atoms in total. The van der Waals surface area contributed by atoms with Crippen LogP contribution in [0.5, 0.6) is 0 Å². The maximum Gasteiger partial charge on any atom is 0.129 e. The molecule has 1 heterocycles. The molecule has 1 unspecified atom stereocenters. The normalized spacial score (nSPS) is 18.4. The first-order valence-electron chi connectivity index (χ1n) is 8.53. The van der Waals surface area contributed by atoms with Gasteiger partial charge in [0.2, 0.25) is 0 Å². The SMILES string of the molecule is C\C=C/C=C\C(=C\C1=NC(c2ccccc2)NCN1)c1ccccc1. The lowest BCUT2D eigenvalue weighted by Crippen LogP contribution is -2.40. The standard InChI is InChI=1S/C22H23N3/c1-2-3-6-15-20(18-11-7-4-8-12-18)16-21-23-17-24-22(25-21)19-13-9-5-10-14-19/h2-16,22,24H,17H2,1H3,(H,23,25)/b3-2-,15-6-,20-16-. The third-order valence-electron chi connectivity index (χ3n) is 3.93. The van der Waals surface area contributed by atoms with Gasteiger partial charge in [-0.25, -0.2) is 4.99 Å². The van der Waals surface area contributed by atoms with Crippen molar-refractivity contribution in [3.63, 3.8) is 0 Å².